The number of nitrogens with two attached hydrogens (primary N) is 1. The molecule has 150 valence electrons. The molecule has 0 saturated carbocycles. The van der Waals surface area contributed by atoms with Crippen LogP contribution >= 0.6 is 23.2 Å². The lowest BCUT2D eigenvalue weighted by atomic mass is 9.81. The summed E-state index contributed by atoms with van der Waals surface area (Å²) in [6.45, 7) is 3.86. The fraction of sp³-hybridized carbons (Fsp3) is 0.421. The summed E-state index contributed by atoms with van der Waals surface area (Å²) in [6.07, 6.45) is 2.61. The van der Waals surface area contributed by atoms with E-state index in [2.05, 4.69) is 21.8 Å². The molecule has 1 aromatic carbocycles. The highest BCUT2D eigenvalue weighted by Gasteiger charge is 2.32. The molecule has 0 aliphatic carbocycles. The van der Waals surface area contributed by atoms with Crippen LogP contribution in [0.1, 0.15) is 19.8 Å². The van der Waals surface area contributed by atoms with Crippen molar-refractivity contribution in [3.05, 3.63) is 34.4 Å². The Labute approximate surface area is 173 Å². The maximum Gasteiger partial charge on any atom is 0.404 e. The van der Waals surface area contributed by atoms with E-state index in [1.54, 1.807) is 19.4 Å². The molecule has 7 nitrogen and oxygen atoms in total. The zero-order valence-electron chi connectivity index (χ0n) is 15.7. The molecule has 0 bridgehead atoms. The average Bonchev–Trinajstić information content (AvgIpc) is 2.69. The number of carbonyl (C=O) groups is 1. The molecule has 1 fully saturated rings. The lowest BCUT2D eigenvalue weighted by Gasteiger charge is -2.38. The largest absolute Gasteiger partial charge is 0.480 e. The second-order valence-corrected chi connectivity index (χ2v) is 7.88. The van der Waals surface area contributed by atoms with Crippen molar-refractivity contribution >= 4 is 35.2 Å². The third-order valence-corrected chi connectivity index (χ3v) is 5.81. The van der Waals surface area contributed by atoms with E-state index >= 15 is 0 Å². The summed E-state index contributed by atoms with van der Waals surface area (Å²) in [5.41, 5.74) is 6.36. The van der Waals surface area contributed by atoms with E-state index in [1.807, 2.05) is 12.1 Å². The number of ether oxygens (including phenoxy) is 2. The standard InChI is InChI=1S/C19H22Cl2N4O3/c1-19(11-28-17(22)26)6-8-25(9-7-19)18-23-10-13(16(24-18)27-2)12-4-3-5-14(20)15(12)21/h3-5,10H,6-9,11H2,1-2H3,(H2,22,26). The van der Waals surface area contributed by atoms with Crippen molar-refractivity contribution in [3.63, 3.8) is 0 Å². The number of primary amides is 1. The van der Waals surface area contributed by atoms with E-state index in [4.69, 9.17) is 38.4 Å². The minimum atomic E-state index is -0.744. The number of rotatable bonds is 5. The van der Waals surface area contributed by atoms with Crippen LogP contribution in [0.25, 0.3) is 11.1 Å². The summed E-state index contributed by atoms with van der Waals surface area (Å²) in [5, 5.41) is 0.890. The predicted molar refractivity (Wildman–Crippen MR) is 109 cm³/mol. The Morgan fingerprint density at radius 1 is 1.29 bits per heavy atom. The summed E-state index contributed by atoms with van der Waals surface area (Å²) in [6, 6.07) is 5.39. The molecule has 0 spiro atoms. The van der Waals surface area contributed by atoms with Crippen LogP contribution in [0.5, 0.6) is 5.88 Å². The maximum atomic E-state index is 10.9. The first-order valence-electron chi connectivity index (χ1n) is 8.85. The van der Waals surface area contributed by atoms with Crippen LogP contribution in [-0.4, -0.2) is 42.9 Å². The number of halogens is 2. The Bertz CT molecular complexity index is 870. The number of methoxy groups -OCH3 is 1. The van der Waals surface area contributed by atoms with Gasteiger partial charge in [0.25, 0.3) is 0 Å². The monoisotopic (exact) mass is 424 g/mol. The highest BCUT2D eigenvalue weighted by Crippen LogP contribution is 2.38. The molecule has 1 aliphatic heterocycles. The highest BCUT2D eigenvalue weighted by atomic mass is 35.5. The third kappa shape index (κ3) is 4.42. The van der Waals surface area contributed by atoms with E-state index in [0.717, 1.165) is 25.9 Å². The van der Waals surface area contributed by atoms with E-state index < -0.39 is 6.09 Å². The SMILES string of the molecule is COc1nc(N2CCC(C)(COC(N)=O)CC2)ncc1-c1cccc(Cl)c1Cl. The molecular weight excluding hydrogens is 403 g/mol. The molecule has 0 radical (unpaired) electrons. The molecule has 0 atom stereocenters. The Morgan fingerprint density at radius 3 is 2.64 bits per heavy atom. The van der Waals surface area contributed by atoms with Crippen molar-refractivity contribution in [3.8, 4) is 17.0 Å². The number of aromatic nitrogens is 2. The lowest BCUT2D eigenvalue weighted by Crippen LogP contribution is -2.42. The zero-order chi connectivity index (χ0) is 20.3. The van der Waals surface area contributed by atoms with Gasteiger partial charge in [-0.3, -0.25) is 0 Å². The molecule has 2 aromatic rings. The molecule has 28 heavy (non-hydrogen) atoms. The third-order valence-electron chi connectivity index (χ3n) is 4.99. The fourth-order valence-corrected chi connectivity index (χ4v) is 3.60. The molecule has 1 aromatic heterocycles. The Morgan fingerprint density at radius 2 is 2.00 bits per heavy atom. The Kier molecular flexibility index (Phi) is 6.15. The van der Waals surface area contributed by atoms with Gasteiger partial charge >= 0.3 is 6.09 Å². The van der Waals surface area contributed by atoms with Crippen molar-refractivity contribution < 1.29 is 14.3 Å². The number of piperidine rings is 1. The minimum Gasteiger partial charge on any atom is -0.480 e. The molecule has 9 heteroatoms. The van der Waals surface area contributed by atoms with Gasteiger partial charge in [0.2, 0.25) is 11.8 Å². The number of benzene rings is 1. The van der Waals surface area contributed by atoms with Gasteiger partial charge in [0.15, 0.2) is 0 Å². The second-order valence-electron chi connectivity index (χ2n) is 7.10. The first-order chi connectivity index (χ1) is 13.3. The molecule has 2 N–H and O–H groups in total. The summed E-state index contributed by atoms with van der Waals surface area (Å²) in [5.74, 6) is 1.01. The molecule has 0 unspecified atom stereocenters. The lowest BCUT2D eigenvalue weighted by molar-refractivity contribution is 0.0817. The summed E-state index contributed by atoms with van der Waals surface area (Å²) in [7, 11) is 1.56. The van der Waals surface area contributed by atoms with Crippen LogP contribution in [0, 0.1) is 5.41 Å². The summed E-state index contributed by atoms with van der Waals surface area (Å²) >= 11 is 12.5. The first-order valence-corrected chi connectivity index (χ1v) is 9.61. The second kappa shape index (κ2) is 8.41. The van der Waals surface area contributed by atoms with Gasteiger partial charge in [0.05, 0.1) is 29.3 Å². The zero-order valence-corrected chi connectivity index (χ0v) is 17.3. The number of hydrogen-bond acceptors (Lipinski definition) is 6. The van der Waals surface area contributed by atoms with Gasteiger partial charge in [-0.25, -0.2) is 9.78 Å². The number of amides is 1. The van der Waals surface area contributed by atoms with E-state index in [-0.39, 0.29) is 5.41 Å². The normalized spacial score (nSPS) is 15.9. The van der Waals surface area contributed by atoms with Crippen LogP contribution in [0.4, 0.5) is 10.7 Å². The molecule has 3 rings (SSSR count). The van der Waals surface area contributed by atoms with Gasteiger partial charge in [-0.2, -0.15) is 4.98 Å². The number of hydrogen-bond donors (Lipinski definition) is 1. The van der Waals surface area contributed by atoms with Crippen LogP contribution in [0.3, 0.4) is 0 Å². The number of anilines is 1. The van der Waals surface area contributed by atoms with Crippen LogP contribution in [0.2, 0.25) is 10.0 Å². The molecule has 1 aliphatic rings. The number of nitrogens with zero attached hydrogens (tertiary/aromatic N) is 3. The topological polar surface area (TPSA) is 90.6 Å². The molecular formula is C19H22Cl2N4O3. The first kappa shape index (κ1) is 20.5. The van der Waals surface area contributed by atoms with Crippen LogP contribution < -0.4 is 15.4 Å². The summed E-state index contributed by atoms with van der Waals surface area (Å²) in [4.78, 5) is 22.0. The van der Waals surface area contributed by atoms with Gasteiger partial charge in [-0.05, 0) is 18.9 Å². The van der Waals surface area contributed by atoms with Crippen molar-refractivity contribution in [2.24, 2.45) is 11.1 Å². The van der Waals surface area contributed by atoms with Crippen molar-refractivity contribution in [2.75, 3.05) is 31.7 Å². The molecule has 2 heterocycles. The van der Waals surface area contributed by atoms with Gasteiger partial charge in [0.1, 0.15) is 0 Å². The van der Waals surface area contributed by atoms with Gasteiger partial charge in [-0.15, -0.1) is 0 Å². The van der Waals surface area contributed by atoms with Crippen molar-refractivity contribution in [2.45, 2.75) is 19.8 Å². The van der Waals surface area contributed by atoms with Gasteiger partial charge < -0.3 is 20.1 Å². The predicted octanol–water partition coefficient (Wildman–Crippen LogP) is 4.16. The van der Waals surface area contributed by atoms with E-state index in [1.165, 1.54) is 0 Å². The van der Waals surface area contributed by atoms with Gasteiger partial charge in [-0.1, -0.05) is 42.3 Å². The fourth-order valence-electron chi connectivity index (χ4n) is 3.20. The van der Waals surface area contributed by atoms with Crippen LogP contribution in [-0.2, 0) is 4.74 Å². The smallest absolute Gasteiger partial charge is 0.404 e. The van der Waals surface area contributed by atoms with Gasteiger partial charge in [0, 0.05) is 30.3 Å². The Balaban J connectivity index is 1.78. The highest BCUT2D eigenvalue weighted by molar-refractivity contribution is 6.43. The molecule has 1 saturated heterocycles. The summed E-state index contributed by atoms with van der Waals surface area (Å²) < 4.78 is 10.5. The van der Waals surface area contributed by atoms with Crippen molar-refractivity contribution in [1.29, 1.82) is 0 Å². The molecule has 1 amide bonds. The average molecular weight is 425 g/mol. The number of carbonyl (C=O) groups excluding carboxylic acids is 1. The quantitative estimate of drug-likeness (QED) is 0.774. The van der Waals surface area contributed by atoms with E-state index in [9.17, 15) is 4.79 Å². The van der Waals surface area contributed by atoms with Crippen molar-refractivity contribution in [1.82, 2.24) is 9.97 Å². The van der Waals surface area contributed by atoms with E-state index in [0.29, 0.717) is 39.6 Å². The maximum absolute atomic E-state index is 10.9. The van der Waals surface area contributed by atoms with Crippen LogP contribution in [0.15, 0.2) is 24.4 Å². The Hall–Kier alpha value is -2.25. The minimum absolute atomic E-state index is 0.107.